The third-order valence-corrected chi connectivity index (χ3v) is 4.74. The monoisotopic (exact) mass is 366 g/mol. The van der Waals surface area contributed by atoms with Crippen LogP contribution < -0.4 is 10.6 Å². The number of nitrogens with one attached hydrogen (secondary N) is 2. The van der Waals surface area contributed by atoms with E-state index < -0.39 is 0 Å². The molecule has 7 heteroatoms. The molecular weight excluding hydrogens is 340 g/mol. The number of piperazine rings is 1. The van der Waals surface area contributed by atoms with Crippen molar-refractivity contribution in [1.82, 2.24) is 20.4 Å². The molecule has 2 heterocycles. The van der Waals surface area contributed by atoms with Crippen molar-refractivity contribution in [2.24, 2.45) is 5.92 Å². The Morgan fingerprint density at radius 2 is 1.92 bits per heavy atom. The fraction of sp³-hybridized carbons (Fsp3) is 0.556. The van der Waals surface area contributed by atoms with Crippen molar-refractivity contribution < 1.29 is 9.59 Å². The molecule has 1 aromatic carbocycles. The Hall–Kier alpha value is -1.63. The zero-order chi connectivity index (χ0) is 16.8. The summed E-state index contributed by atoms with van der Waals surface area (Å²) in [6.45, 7) is 6.73. The Kier molecular flexibility index (Phi) is 7.68. The number of likely N-dealkylation sites (tertiary alicyclic amines) is 1. The average Bonchev–Trinajstić information content (AvgIpc) is 2.97. The number of carbonyl (C=O) groups is 2. The number of carbonyl (C=O) groups excluding carboxylic acids is 2. The normalized spacial score (nSPS) is 21.0. The van der Waals surface area contributed by atoms with Crippen molar-refractivity contribution in [3.63, 3.8) is 0 Å². The van der Waals surface area contributed by atoms with Crippen molar-refractivity contribution in [2.45, 2.75) is 13.0 Å². The van der Waals surface area contributed by atoms with Crippen LogP contribution in [0, 0.1) is 5.92 Å². The summed E-state index contributed by atoms with van der Waals surface area (Å²) in [5.41, 5.74) is 1.10. The van der Waals surface area contributed by atoms with Crippen LogP contribution >= 0.6 is 12.4 Å². The van der Waals surface area contributed by atoms with Crippen LogP contribution in [0.25, 0.3) is 0 Å². The van der Waals surface area contributed by atoms with Crippen molar-refractivity contribution in [3.05, 3.63) is 35.9 Å². The molecule has 0 aromatic heterocycles. The molecule has 138 valence electrons. The van der Waals surface area contributed by atoms with E-state index in [1.165, 1.54) is 0 Å². The number of hydrogen-bond acceptors (Lipinski definition) is 4. The molecule has 2 saturated heterocycles. The summed E-state index contributed by atoms with van der Waals surface area (Å²) >= 11 is 0. The topological polar surface area (TPSA) is 64.7 Å². The maximum Gasteiger partial charge on any atom is 0.225 e. The molecule has 6 nitrogen and oxygen atoms in total. The molecule has 0 radical (unpaired) electrons. The van der Waals surface area contributed by atoms with Gasteiger partial charge in [0.25, 0.3) is 0 Å². The lowest BCUT2D eigenvalue weighted by Gasteiger charge is -2.27. The molecule has 2 aliphatic rings. The van der Waals surface area contributed by atoms with Crippen molar-refractivity contribution in [1.29, 1.82) is 0 Å². The number of hydrogen-bond donors (Lipinski definition) is 2. The predicted molar refractivity (Wildman–Crippen MR) is 99.5 cm³/mol. The zero-order valence-electron chi connectivity index (χ0n) is 14.4. The van der Waals surface area contributed by atoms with Crippen LogP contribution in [0.4, 0.5) is 0 Å². The minimum atomic E-state index is -0.218. The van der Waals surface area contributed by atoms with E-state index in [2.05, 4.69) is 15.5 Å². The van der Waals surface area contributed by atoms with Gasteiger partial charge in [-0.1, -0.05) is 30.3 Å². The summed E-state index contributed by atoms with van der Waals surface area (Å²) in [6.07, 6.45) is 0.326. The molecule has 1 unspecified atom stereocenters. The van der Waals surface area contributed by atoms with Crippen LogP contribution in [0.5, 0.6) is 0 Å². The Morgan fingerprint density at radius 3 is 2.64 bits per heavy atom. The maximum atomic E-state index is 12.3. The van der Waals surface area contributed by atoms with Crippen LogP contribution in [0.2, 0.25) is 0 Å². The van der Waals surface area contributed by atoms with Gasteiger partial charge in [0.15, 0.2) is 0 Å². The highest BCUT2D eigenvalue weighted by Crippen LogP contribution is 2.20. The Labute approximate surface area is 155 Å². The van der Waals surface area contributed by atoms with Crippen LogP contribution in [-0.2, 0) is 16.1 Å². The van der Waals surface area contributed by atoms with Crippen molar-refractivity contribution in [2.75, 3.05) is 45.8 Å². The van der Waals surface area contributed by atoms with Crippen LogP contribution in [0.1, 0.15) is 12.0 Å². The van der Waals surface area contributed by atoms with Crippen molar-refractivity contribution >= 4 is 24.2 Å². The lowest BCUT2D eigenvalue weighted by Crippen LogP contribution is -2.46. The van der Waals surface area contributed by atoms with Gasteiger partial charge in [0.05, 0.1) is 5.92 Å². The molecule has 2 amide bonds. The van der Waals surface area contributed by atoms with Gasteiger partial charge in [0.2, 0.25) is 11.8 Å². The Morgan fingerprint density at radius 1 is 1.20 bits per heavy atom. The third kappa shape index (κ3) is 5.70. The number of halogens is 1. The van der Waals surface area contributed by atoms with E-state index >= 15 is 0 Å². The van der Waals surface area contributed by atoms with Gasteiger partial charge < -0.3 is 15.5 Å². The smallest absolute Gasteiger partial charge is 0.225 e. The molecule has 25 heavy (non-hydrogen) atoms. The van der Waals surface area contributed by atoms with E-state index in [0.717, 1.165) is 38.3 Å². The minimum Gasteiger partial charge on any atom is -0.355 e. The highest BCUT2D eigenvalue weighted by molar-refractivity contribution is 5.89. The molecule has 0 bridgehead atoms. The first-order valence-corrected chi connectivity index (χ1v) is 8.75. The SMILES string of the molecule is Cl.O=C(NCCN1CCNCC1)C1CC(=O)N(Cc2ccccc2)C1. The zero-order valence-corrected chi connectivity index (χ0v) is 15.3. The molecule has 2 fully saturated rings. The number of nitrogens with zero attached hydrogens (tertiary/aromatic N) is 2. The average molecular weight is 367 g/mol. The first-order valence-electron chi connectivity index (χ1n) is 8.75. The largest absolute Gasteiger partial charge is 0.355 e. The third-order valence-electron chi connectivity index (χ3n) is 4.74. The van der Waals surface area contributed by atoms with E-state index in [9.17, 15) is 9.59 Å². The lowest BCUT2D eigenvalue weighted by molar-refractivity contribution is -0.129. The van der Waals surface area contributed by atoms with Gasteiger partial charge in [-0.15, -0.1) is 12.4 Å². The van der Waals surface area contributed by atoms with Gasteiger partial charge in [0.1, 0.15) is 0 Å². The summed E-state index contributed by atoms with van der Waals surface area (Å²) in [5, 5.41) is 6.31. The first kappa shape index (κ1) is 19.7. The molecule has 0 spiro atoms. The standard InChI is InChI=1S/C18H26N4O2.ClH/c23-17-12-16(14-22(17)13-15-4-2-1-3-5-15)18(24)20-8-11-21-9-6-19-7-10-21;/h1-5,16,19H,6-14H2,(H,20,24);1H. The van der Waals surface area contributed by atoms with E-state index in [4.69, 9.17) is 0 Å². The second-order valence-corrected chi connectivity index (χ2v) is 6.54. The molecule has 1 atom stereocenters. The lowest BCUT2D eigenvalue weighted by atomic mass is 10.1. The van der Waals surface area contributed by atoms with Gasteiger partial charge in [-0.05, 0) is 5.56 Å². The first-order chi connectivity index (χ1) is 11.7. The van der Waals surface area contributed by atoms with E-state index in [0.29, 0.717) is 26.1 Å². The Balaban J connectivity index is 0.00000225. The Bertz CT molecular complexity index is 563. The molecule has 2 N–H and O–H groups in total. The van der Waals surface area contributed by atoms with E-state index in [1.807, 2.05) is 30.3 Å². The minimum absolute atomic E-state index is 0. The second-order valence-electron chi connectivity index (χ2n) is 6.54. The van der Waals surface area contributed by atoms with E-state index in [-0.39, 0.29) is 30.1 Å². The molecule has 0 saturated carbocycles. The fourth-order valence-corrected chi connectivity index (χ4v) is 3.32. The molecule has 1 aromatic rings. The van der Waals surface area contributed by atoms with Crippen LogP contribution in [-0.4, -0.2) is 67.4 Å². The number of amides is 2. The number of benzene rings is 1. The fourth-order valence-electron chi connectivity index (χ4n) is 3.32. The van der Waals surface area contributed by atoms with Crippen LogP contribution in [0.15, 0.2) is 30.3 Å². The maximum absolute atomic E-state index is 12.3. The van der Waals surface area contributed by atoms with Gasteiger partial charge in [-0.3, -0.25) is 14.5 Å². The van der Waals surface area contributed by atoms with Gasteiger partial charge in [0, 0.05) is 58.8 Å². The van der Waals surface area contributed by atoms with Gasteiger partial charge >= 0.3 is 0 Å². The number of rotatable bonds is 6. The highest BCUT2D eigenvalue weighted by Gasteiger charge is 2.34. The van der Waals surface area contributed by atoms with Crippen LogP contribution in [0.3, 0.4) is 0 Å². The predicted octanol–water partition coefficient (Wildman–Crippen LogP) is 0.478. The summed E-state index contributed by atoms with van der Waals surface area (Å²) < 4.78 is 0. The summed E-state index contributed by atoms with van der Waals surface area (Å²) in [6, 6.07) is 9.92. The molecule has 3 rings (SSSR count). The van der Waals surface area contributed by atoms with Crippen molar-refractivity contribution in [3.8, 4) is 0 Å². The molecule has 2 aliphatic heterocycles. The second kappa shape index (κ2) is 9.75. The summed E-state index contributed by atoms with van der Waals surface area (Å²) in [5.74, 6) is -0.139. The summed E-state index contributed by atoms with van der Waals surface area (Å²) in [7, 11) is 0. The highest BCUT2D eigenvalue weighted by atomic mass is 35.5. The molecule has 0 aliphatic carbocycles. The quantitative estimate of drug-likeness (QED) is 0.768. The molecular formula is C18H27ClN4O2. The van der Waals surface area contributed by atoms with E-state index in [1.54, 1.807) is 4.90 Å². The summed E-state index contributed by atoms with van der Waals surface area (Å²) in [4.78, 5) is 28.6. The van der Waals surface area contributed by atoms with Gasteiger partial charge in [-0.2, -0.15) is 0 Å². The van der Waals surface area contributed by atoms with Gasteiger partial charge in [-0.25, -0.2) is 0 Å².